The molecule has 1 fully saturated rings. The summed E-state index contributed by atoms with van der Waals surface area (Å²) in [6.07, 6.45) is 0. The van der Waals surface area contributed by atoms with Crippen LogP contribution in [0.25, 0.3) is 0 Å². The van der Waals surface area contributed by atoms with E-state index in [0.717, 1.165) is 24.2 Å². The molecule has 0 spiro atoms. The molecule has 8 heteroatoms. The van der Waals surface area contributed by atoms with Crippen molar-refractivity contribution in [3.63, 3.8) is 0 Å². The number of benzene rings is 2. The van der Waals surface area contributed by atoms with Crippen LogP contribution in [0.1, 0.15) is 27.7 Å². The lowest BCUT2D eigenvalue weighted by molar-refractivity contribution is 0.0161. The van der Waals surface area contributed by atoms with Crippen LogP contribution in [0.15, 0.2) is 81.1 Å². The lowest BCUT2D eigenvalue weighted by Gasteiger charge is -2.34. The minimum atomic E-state index is -3.83. The number of aryl methyl sites for hydroxylation is 1. The quantitative estimate of drug-likeness (QED) is 0.590. The average Bonchev–Trinajstić information content (AvgIpc) is 3.32. The SMILES string of the molecule is Cc1ccc(S(=O)(=O)c2ccc(C(=O)NCC(c3ccccc3)N3CCOCC3)o2)cc1. The van der Waals surface area contributed by atoms with Crippen molar-refractivity contribution in [1.82, 2.24) is 10.2 Å². The van der Waals surface area contributed by atoms with Gasteiger partial charge in [0.05, 0.1) is 24.2 Å². The number of ether oxygens (including phenoxy) is 1. The van der Waals surface area contributed by atoms with Crippen LogP contribution in [-0.2, 0) is 14.6 Å². The van der Waals surface area contributed by atoms with Crippen molar-refractivity contribution < 1.29 is 22.4 Å². The van der Waals surface area contributed by atoms with Gasteiger partial charge in [0.25, 0.3) is 5.91 Å². The second-order valence-electron chi connectivity index (χ2n) is 7.72. The Morgan fingerprint density at radius 3 is 2.38 bits per heavy atom. The standard InChI is InChI=1S/C24H26N2O5S/c1-18-7-9-20(10-8-18)32(28,29)23-12-11-22(31-23)24(27)25-17-21(19-5-3-2-4-6-19)26-13-15-30-16-14-26/h2-12,21H,13-17H2,1H3,(H,25,27). The molecule has 1 unspecified atom stereocenters. The lowest BCUT2D eigenvalue weighted by Crippen LogP contribution is -2.43. The third kappa shape index (κ3) is 4.93. The average molecular weight is 455 g/mol. The van der Waals surface area contributed by atoms with Crippen molar-refractivity contribution in [3.8, 4) is 0 Å². The summed E-state index contributed by atoms with van der Waals surface area (Å²) >= 11 is 0. The molecule has 32 heavy (non-hydrogen) atoms. The third-order valence-electron chi connectivity index (χ3n) is 5.53. The Bertz CT molecular complexity index is 1150. The number of nitrogens with one attached hydrogen (secondary N) is 1. The van der Waals surface area contributed by atoms with Crippen LogP contribution in [0, 0.1) is 6.92 Å². The van der Waals surface area contributed by atoms with Gasteiger partial charge in [0, 0.05) is 19.6 Å². The highest BCUT2D eigenvalue weighted by Gasteiger charge is 2.26. The van der Waals surface area contributed by atoms with Gasteiger partial charge in [-0.1, -0.05) is 48.0 Å². The van der Waals surface area contributed by atoms with E-state index in [4.69, 9.17) is 9.15 Å². The number of rotatable bonds is 7. The molecule has 7 nitrogen and oxygen atoms in total. The number of sulfone groups is 1. The molecule has 1 N–H and O–H groups in total. The second-order valence-corrected chi connectivity index (χ2v) is 9.60. The summed E-state index contributed by atoms with van der Waals surface area (Å²) in [4.78, 5) is 15.1. The summed E-state index contributed by atoms with van der Waals surface area (Å²) in [5.74, 6) is -0.492. The number of carbonyl (C=O) groups excluding carboxylic acids is 1. The monoisotopic (exact) mass is 454 g/mol. The van der Waals surface area contributed by atoms with Crippen LogP contribution in [-0.4, -0.2) is 52.1 Å². The van der Waals surface area contributed by atoms with E-state index in [1.54, 1.807) is 12.1 Å². The predicted octanol–water partition coefficient (Wildman–Crippen LogP) is 3.22. The summed E-state index contributed by atoms with van der Waals surface area (Å²) in [6, 6.07) is 19.2. The molecule has 2 heterocycles. The summed E-state index contributed by atoms with van der Waals surface area (Å²) in [5.41, 5.74) is 2.05. The van der Waals surface area contributed by atoms with Gasteiger partial charge in [-0.3, -0.25) is 9.69 Å². The van der Waals surface area contributed by atoms with Crippen molar-refractivity contribution in [2.75, 3.05) is 32.8 Å². The minimum Gasteiger partial charge on any atom is -0.439 e. The van der Waals surface area contributed by atoms with Gasteiger partial charge in [-0.05, 0) is 36.8 Å². The molecule has 1 atom stereocenters. The van der Waals surface area contributed by atoms with Crippen molar-refractivity contribution in [2.45, 2.75) is 23.0 Å². The fourth-order valence-corrected chi connectivity index (χ4v) is 4.89. The Morgan fingerprint density at radius 1 is 1.00 bits per heavy atom. The highest BCUT2D eigenvalue weighted by atomic mass is 32.2. The molecule has 0 bridgehead atoms. The molecule has 1 aliphatic heterocycles. The predicted molar refractivity (Wildman–Crippen MR) is 119 cm³/mol. The Balaban J connectivity index is 1.47. The smallest absolute Gasteiger partial charge is 0.287 e. The molecule has 1 aromatic heterocycles. The Hall–Kier alpha value is -2.94. The van der Waals surface area contributed by atoms with Gasteiger partial charge in [0.2, 0.25) is 14.9 Å². The van der Waals surface area contributed by atoms with Gasteiger partial charge in [0.1, 0.15) is 0 Å². The number of furan rings is 1. The van der Waals surface area contributed by atoms with Crippen molar-refractivity contribution in [3.05, 3.63) is 83.6 Å². The van der Waals surface area contributed by atoms with Crippen LogP contribution >= 0.6 is 0 Å². The first kappa shape index (κ1) is 22.3. The van der Waals surface area contributed by atoms with E-state index < -0.39 is 15.7 Å². The lowest BCUT2D eigenvalue weighted by atomic mass is 10.0. The molecule has 0 radical (unpaired) electrons. The van der Waals surface area contributed by atoms with Gasteiger partial charge < -0.3 is 14.5 Å². The normalized spacial score (nSPS) is 15.9. The highest BCUT2D eigenvalue weighted by molar-refractivity contribution is 7.91. The van der Waals surface area contributed by atoms with E-state index >= 15 is 0 Å². The topological polar surface area (TPSA) is 88.9 Å². The number of amides is 1. The van der Waals surface area contributed by atoms with E-state index in [9.17, 15) is 13.2 Å². The van der Waals surface area contributed by atoms with Crippen LogP contribution in [0.5, 0.6) is 0 Å². The Kier molecular flexibility index (Phi) is 6.74. The maximum Gasteiger partial charge on any atom is 0.287 e. The third-order valence-corrected chi connectivity index (χ3v) is 7.17. The molecular weight excluding hydrogens is 428 g/mol. The number of hydrogen-bond acceptors (Lipinski definition) is 6. The minimum absolute atomic E-state index is 0.0187. The number of carbonyl (C=O) groups is 1. The van der Waals surface area contributed by atoms with Crippen LogP contribution < -0.4 is 5.32 Å². The molecule has 0 saturated carbocycles. The summed E-state index contributed by atoms with van der Waals surface area (Å²) in [5, 5.41) is 2.65. The Morgan fingerprint density at radius 2 is 1.69 bits per heavy atom. The number of hydrogen-bond donors (Lipinski definition) is 1. The van der Waals surface area contributed by atoms with Crippen molar-refractivity contribution >= 4 is 15.7 Å². The first-order chi connectivity index (χ1) is 15.4. The fourth-order valence-electron chi connectivity index (χ4n) is 3.72. The molecular formula is C24H26N2O5S. The van der Waals surface area contributed by atoms with E-state index in [1.807, 2.05) is 37.3 Å². The first-order valence-corrected chi connectivity index (χ1v) is 12.0. The molecule has 2 aromatic carbocycles. The van der Waals surface area contributed by atoms with Gasteiger partial charge >= 0.3 is 0 Å². The van der Waals surface area contributed by atoms with Gasteiger partial charge in [-0.25, -0.2) is 8.42 Å². The summed E-state index contributed by atoms with van der Waals surface area (Å²) in [7, 11) is -3.83. The zero-order chi connectivity index (χ0) is 22.6. The first-order valence-electron chi connectivity index (χ1n) is 10.5. The van der Waals surface area contributed by atoms with Crippen molar-refractivity contribution in [1.29, 1.82) is 0 Å². The summed E-state index contributed by atoms with van der Waals surface area (Å²) < 4.78 is 36.5. The van der Waals surface area contributed by atoms with Gasteiger partial charge in [-0.2, -0.15) is 0 Å². The van der Waals surface area contributed by atoms with E-state index in [1.165, 1.54) is 24.3 Å². The zero-order valence-electron chi connectivity index (χ0n) is 17.9. The highest BCUT2D eigenvalue weighted by Crippen LogP contribution is 2.24. The second kappa shape index (κ2) is 9.68. The zero-order valence-corrected chi connectivity index (χ0v) is 18.7. The van der Waals surface area contributed by atoms with Crippen LogP contribution in [0.4, 0.5) is 0 Å². The van der Waals surface area contributed by atoms with Crippen LogP contribution in [0.2, 0.25) is 0 Å². The molecule has 1 saturated heterocycles. The van der Waals surface area contributed by atoms with Crippen molar-refractivity contribution in [2.24, 2.45) is 0 Å². The molecule has 168 valence electrons. The van der Waals surface area contributed by atoms with Gasteiger partial charge in [0.15, 0.2) is 5.76 Å². The molecule has 0 aliphatic carbocycles. The Labute approximate surface area is 187 Å². The maximum atomic E-state index is 12.8. The van der Waals surface area contributed by atoms with E-state index in [2.05, 4.69) is 10.2 Å². The molecule has 4 rings (SSSR count). The van der Waals surface area contributed by atoms with E-state index in [0.29, 0.717) is 19.8 Å². The maximum absolute atomic E-state index is 12.8. The fraction of sp³-hybridized carbons (Fsp3) is 0.292. The molecule has 3 aromatic rings. The summed E-state index contributed by atoms with van der Waals surface area (Å²) in [6.45, 7) is 5.09. The van der Waals surface area contributed by atoms with Gasteiger partial charge in [-0.15, -0.1) is 0 Å². The largest absolute Gasteiger partial charge is 0.439 e. The van der Waals surface area contributed by atoms with Crippen LogP contribution in [0.3, 0.4) is 0 Å². The number of morpholine rings is 1. The van der Waals surface area contributed by atoms with E-state index in [-0.39, 0.29) is 21.8 Å². The number of nitrogens with zero attached hydrogens (tertiary/aromatic N) is 1. The molecule has 1 amide bonds. The molecule has 1 aliphatic rings.